The quantitative estimate of drug-likeness (QED) is 0.653. The number of alkyl halides is 1. The van der Waals surface area contributed by atoms with Crippen LogP contribution in [0.4, 0.5) is 0 Å². The Hall–Kier alpha value is -0.490. The highest BCUT2D eigenvalue weighted by atomic mass is 35.5. The molecule has 16 heavy (non-hydrogen) atoms. The predicted octanol–water partition coefficient (Wildman–Crippen LogP) is 4.89. The molecule has 1 aliphatic carbocycles. The predicted molar refractivity (Wildman–Crippen MR) is 71.1 cm³/mol. The lowest BCUT2D eigenvalue weighted by Gasteiger charge is -2.20. The molecule has 0 radical (unpaired) electrons. The fourth-order valence-corrected chi connectivity index (χ4v) is 3.23. The Labute approximate surface area is 104 Å². The van der Waals surface area contributed by atoms with E-state index in [2.05, 4.69) is 32.0 Å². The molecule has 0 bridgehead atoms. The lowest BCUT2D eigenvalue weighted by atomic mass is 9.92. The molecule has 0 aliphatic heterocycles. The molecule has 0 N–H and O–H groups in total. The third-order valence-electron chi connectivity index (χ3n) is 3.90. The van der Waals surface area contributed by atoms with E-state index < -0.39 is 0 Å². The van der Waals surface area contributed by atoms with Crippen molar-refractivity contribution >= 4 is 11.6 Å². The maximum Gasteiger partial charge on any atom is 0.0613 e. The van der Waals surface area contributed by atoms with Crippen molar-refractivity contribution in [3.05, 3.63) is 34.9 Å². The fourth-order valence-electron chi connectivity index (χ4n) is 2.74. The molecule has 0 heterocycles. The molecule has 0 spiro atoms. The molecule has 0 saturated heterocycles. The van der Waals surface area contributed by atoms with Crippen molar-refractivity contribution in [3.8, 4) is 0 Å². The van der Waals surface area contributed by atoms with E-state index >= 15 is 0 Å². The molecule has 1 aromatic rings. The first kappa shape index (κ1) is 12.0. The van der Waals surface area contributed by atoms with Crippen LogP contribution >= 0.6 is 11.6 Å². The van der Waals surface area contributed by atoms with Crippen molar-refractivity contribution in [2.45, 2.75) is 51.3 Å². The van der Waals surface area contributed by atoms with Gasteiger partial charge in [0, 0.05) is 0 Å². The number of rotatable bonds is 4. The minimum Gasteiger partial charge on any atom is -0.118 e. The van der Waals surface area contributed by atoms with E-state index in [4.69, 9.17) is 11.6 Å². The summed E-state index contributed by atoms with van der Waals surface area (Å²) in [6.07, 6.45) is 6.16. The van der Waals surface area contributed by atoms with Crippen LogP contribution in [-0.2, 0) is 12.8 Å². The van der Waals surface area contributed by atoms with Gasteiger partial charge in [-0.05, 0) is 41.9 Å². The molecule has 0 aromatic heterocycles. The largest absolute Gasteiger partial charge is 0.118 e. The highest BCUT2D eigenvalue weighted by molar-refractivity contribution is 6.21. The molecular formula is C15H21Cl. The summed E-state index contributed by atoms with van der Waals surface area (Å²) in [5.74, 6) is 0.612. The van der Waals surface area contributed by atoms with Crippen molar-refractivity contribution < 1.29 is 0 Å². The van der Waals surface area contributed by atoms with Crippen molar-refractivity contribution in [1.29, 1.82) is 0 Å². The van der Waals surface area contributed by atoms with Crippen molar-refractivity contribution in [3.63, 3.8) is 0 Å². The summed E-state index contributed by atoms with van der Waals surface area (Å²) >= 11 is 6.57. The van der Waals surface area contributed by atoms with Crippen LogP contribution in [0, 0.1) is 5.92 Å². The lowest BCUT2D eigenvalue weighted by Crippen LogP contribution is -2.06. The smallest absolute Gasteiger partial charge is 0.0613 e. The first-order chi connectivity index (χ1) is 7.76. The third-order valence-corrected chi connectivity index (χ3v) is 4.51. The van der Waals surface area contributed by atoms with E-state index in [0.29, 0.717) is 5.92 Å². The van der Waals surface area contributed by atoms with Gasteiger partial charge in [0.05, 0.1) is 5.38 Å². The van der Waals surface area contributed by atoms with E-state index in [1.165, 1.54) is 48.8 Å². The Kier molecular flexibility index (Phi) is 3.91. The Morgan fingerprint density at radius 2 is 1.81 bits per heavy atom. The van der Waals surface area contributed by atoms with Crippen LogP contribution in [0.15, 0.2) is 18.2 Å². The number of fused-ring (bicyclic) bond motifs is 1. The number of aryl methyl sites for hydroxylation is 2. The molecule has 0 saturated carbocycles. The normalized spacial score (nSPS) is 16.5. The van der Waals surface area contributed by atoms with Gasteiger partial charge in [0.2, 0.25) is 0 Å². The van der Waals surface area contributed by atoms with Gasteiger partial charge in [-0.3, -0.25) is 0 Å². The summed E-state index contributed by atoms with van der Waals surface area (Å²) < 4.78 is 0. The monoisotopic (exact) mass is 236 g/mol. The van der Waals surface area contributed by atoms with Crippen LogP contribution in [0.5, 0.6) is 0 Å². The highest BCUT2D eigenvalue weighted by Gasteiger charge is 2.19. The molecule has 1 aliphatic rings. The molecule has 88 valence electrons. The first-order valence-corrected chi connectivity index (χ1v) is 6.95. The molecule has 1 unspecified atom stereocenters. The van der Waals surface area contributed by atoms with E-state index in [1.54, 1.807) is 0 Å². The Morgan fingerprint density at radius 1 is 1.12 bits per heavy atom. The van der Waals surface area contributed by atoms with Crippen molar-refractivity contribution in [1.82, 2.24) is 0 Å². The summed E-state index contributed by atoms with van der Waals surface area (Å²) in [5, 5.41) is 0.195. The summed E-state index contributed by atoms with van der Waals surface area (Å²) in [6.45, 7) is 4.47. The van der Waals surface area contributed by atoms with E-state index in [-0.39, 0.29) is 5.38 Å². The maximum atomic E-state index is 6.57. The summed E-state index contributed by atoms with van der Waals surface area (Å²) in [4.78, 5) is 0. The number of hydrogen-bond acceptors (Lipinski definition) is 0. The minimum atomic E-state index is 0.195. The molecule has 0 fully saturated rings. The van der Waals surface area contributed by atoms with Gasteiger partial charge in [0.15, 0.2) is 0 Å². The first-order valence-electron chi connectivity index (χ1n) is 6.52. The van der Waals surface area contributed by atoms with Crippen LogP contribution in [0.2, 0.25) is 0 Å². The van der Waals surface area contributed by atoms with Crippen molar-refractivity contribution in [2.24, 2.45) is 5.92 Å². The zero-order valence-corrected chi connectivity index (χ0v) is 11.1. The lowest BCUT2D eigenvalue weighted by molar-refractivity contribution is 0.475. The van der Waals surface area contributed by atoms with Gasteiger partial charge in [-0.2, -0.15) is 0 Å². The second kappa shape index (κ2) is 5.23. The molecule has 1 atom stereocenters. The molecular weight excluding hydrogens is 216 g/mol. The van der Waals surface area contributed by atoms with Gasteiger partial charge in [-0.25, -0.2) is 0 Å². The van der Waals surface area contributed by atoms with Gasteiger partial charge < -0.3 is 0 Å². The Bertz CT molecular complexity index is 352. The second-order valence-corrected chi connectivity index (χ2v) is 5.33. The Morgan fingerprint density at radius 3 is 2.50 bits per heavy atom. The fraction of sp³-hybridized carbons (Fsp3) is 0.600. The Balaban J connectivity index is 2.20. The van der Waals surface area contributed by atoms with Crippen molar-refractivity contribution in [2.75, 3.05) is 0 Å². The van der Waals surface area contributed by atoms with Gasteiger partial charge in [-0.1, -0.05) is 44.9 Å². The van der Waals surface area contributed by atoms with E-state index in [1.807, 2.05) is 0 Å². The zero-order chi connectivity index (χ0) is 11.5. The van der Waals surface area contributed by atoms with Crippen LogP contribution in [-0.4, -0.2) is 0 Å². The number of hydrogen-bond donors (Lipinski definition) is 0. The molecule has 0 nitrogen and oxygen atoms in total. The van der Waals surface area contributed by atoms with Crippen LogP contribution < -0.4 is 0 Å². The molecule has 2 rings (SSSR count). The molecule has 0 amide bonds. The third kappa shape index (κ3) is 2.27. The summed E-state index contributed by atoms with van der Waals surface area (Å²) in [5.41, 5.74) is 4.40. The zero-order valence-electron chi connectivity index (χ0n) is 10.3. The summed E-state index contributed by atoms with van der Waals surface area (Å²) in [7, 11) is 0. The highest BCUT2D eigenvalue weighted by Crippen LogP contribution is 2.35. The van der Waals surface area contributed by atoms with Crippen LogP contribution in [0.25, 0.3) is 0 Å². The average Bonchev–Trinajstić information content (AvgIpc) is 2.77. The molecule has 1 heteroatoms. The van der Waals surface area contributed by atoms with Gasteiger partial charge >= 0.3 is 0 Å². The molecule has 1 aromatic carbocycles. The summed E-state index contributed by atoms with van der Waals surface area (Å²) in [6, 6.07) is 6.87. The van der Waals surface area contributed by atoms with Crippen LogP contribution in [0.1, 0.15) is 55.2 Å². The number of benzene rings is 1. The SMILES string of the molecule is CCC(CC)C(Cl)c1ccc2c(c1)CCC2. The van der Waals surface area contributed by atoms with Gasteiger partial charge in [-0.15, -0.1) is 11.6 Å². The topological polar surface area (TPSA) is 0 Å². The number of halogens is 1. The average molecular weight is 237 g/mol. The van der Waals surface area contributed by atoms with E-state index in [9.17, 15) is 0 Å². The maximum absolute atomic E-state index is 6.57. The van der Waals surface area contributed by atoms with E-state index in [0.717, 1.165) is 0 Å². The second-order valence-electron chi connectivity index (χ2n) is 4.86. The van der Waals surface area contributed by atoms with Crippen LogP contribution in [0.3, 0.4) is 0 Å². The van der Waals surface area contributed by atoms with Gasteiger partial charge in [0.1, 0.15) is 0 Å². The minimum absolute atomic E-state index is 0.195. The standard InChI is InChI=1S/C15H21Cl/c1-3-11(4-2)15(16)14-9-8-12-6-5-7-13(12)10-14/h8-11,15H,3-7H2,1-2H3. The van der Waals surface area contributed by atoms with Gasteiger partial charge in [0.25, 0.3) is 0 Å².